The van der Waals surface area contributed by atoms with Gasteiger partial charge in [0.2, 0.25) is 0 Å². The smallest absolute Gasteiger partial charge is 0.250 e. The standard InChI is InChI=1S/C18H24FN5O/c1-13-11-16-21-22-17(12-25-18-15(19)7-4-8-20-18)24(16)10-9-23(13)14-5-2-3-6-14/h4,7-8,13-14H,2-3,5-6,9-12H2,1H3/t13-/m1/s1. The van der Waals surface area contributed by atoms with Crippen molar-refractivity contribution in [1.82, 2.24) is 24.6 Å². The van der Waals surface area contributed by atoms with Crippen LogP contribution >= 0.6 is 0 Å². The molecule has 2 aromatic rings. The molecule has 2 aromatic heterocycles. The molecule has 0 spiro atoms. The summed E-state index contributed by atoms with van der Waals surface area (Å²) in [5, 5.41) is 8.62. The molecular weight excluding hydrogens is 321 g/mol. The quantitative estimate of drug-likeness (QED) is 0.852. The number of hydrogen-bond acceptors (Lipinski definition) is 5. The van der Waals surface area contributed by atoms with Crippen molar-refractivity contribution in [3.63, 3.8) is 0 Å². The Morgan fingerprint density at radius 2 is 2.08 bits per heavy atom. The lowest BCUT2D eigenvalue weighted by molar-refractivity contribution is 0.146. The molecule has 1 fully saturated rings. The molecule has 134 valence electrons. The van der Waals surface area contributed by atoms with E-state index in [0.29, 0.717) is 12.1 Å². The second-order valence-electron chi connectivity index (χ2n) is 6.99. The van der Waals surface area contributed by atoms with Gasteiger partial charge in [0.1, 0.15) is 12.4 Å². The fraction of sp³-hybridized carbons (Fsp3) is 0.611. The molecular formula is C18H24FN5O. The van der Waals surface area contributed by atoms with E-state index in [2.05, 4.69) is 31.6 Å². The van der Waals surface area contributed by atoms with Crippen LogP contribution in [0, 0.1) is 5.82 Å². The minimum absolute atomic E-state index is 0.00872. The van der Waals surface area contributed by atoms with Gasteiger partial charge < -0.3 is 9.30 Å². The van der Waals surface area contributed by atoms with Crippen molar-refractivity contribution in [1.29, 1.82) is 0 Å². The van der Waals surface area contributed by atoms with Crippen molar-refractivity contribution in [2.45, 2.75) is 64.3 Å². The first-order valence-electron chi connectivity index (χ1n) is 9.12. The van der Waals surface area contributed by atoms with Crippen molar-refractivity contribution in [3.05, 3.63) is 35.8 Å². The van der Waals surface area contributed by atoms with Crippen molar-refractivity contribution < 1.29 is 9.13 Å². The highest BCUT2D eigenvalue weighted by atomic mass is 19.1. The zero-order valence-corrected chi connectivity index (χ0v) is 14.6. The van der Waals surface area contributed by atoms with Crippen LogP contribution in [0.15, 0.2) is 18.3 Å². The van der Waals surface area contributed by atoms with E-state index in [-0.39, 0.29) is 12.5 Å². The highest BCUT2D eigenvalue weighted by Crippen LogP contribution is 2.27. The summed E-state index contributed by atoms with van der Waals surface area (Å²) in [4.78, 5) is 6.55. The molecule has 1 atom stereocenters. The van der Waals surface area contributed by atoms with Crippen LogP contribution in [0.5, 0.6) is 5.88 Å². The molecule has 0 radical (unpaired) electrons. The van der Waals surface area contributed by atoms with E-state index in [0.717, 1.165) is 31.2 Å². The normalized spacial score (nSPS) is 21.9. The SMILES string of the molecule is C[C@@H]1Cc2nnc(COc3ncccc3F)n2CCN1C1CCCC1. The molecule has 0 aromatic carbocycles. The van der Waals surface area contributed by atoms with Gasteiger partial charge in [0.15, 0.2) is 11.6 Å². The fourth-order valence-corrected chi connectivity index (χ4v) is 4.09. The van der Waals surface area contributed by atoms with Crippen molar-refractivity contribution in [3.8, 4) is 5.88 Å². The summed E-state index contributed by atoms with van der Waals surface area (Å²) < 4.78 is 21.3. The van der Waals surface area contributed by atoms with E-state index in [1.807, 2.05) is 0 Å². The van der Waals surface area contributed by atoms with Crippen LogP contribution in [0.3, 0.4) is 0 Å². The summed E-state index contributed by atoms with van der Waals surface area (Å²) >= 11 is 0. The van der Waals surface area contributed by atoms with Gasteiger partial charge in [0.05, 0.1) is 0 Å². The van der Waals surface area contributed by atoms with E-state index in [4.69, 9.17) is 4.74 Å². The predicted molar refractivity (Wildman–Crippen MR) is 90.7 cm³/mol. The maximum atomic E-state index is 13.7. The number of fused-ring (bicyclic) bond motifs is 1. The predicted octanol–water partition coefficient (Wildman–Crippen LogP) is 2.58. The van der Waals surface area contributed by atoms with Crippen LogP contribution < -0.4 is 4.74 Å². The van der Waals surface area contributed by atoms with Gasteiger partial charge in [-0.15, -0.1) is 10.2 Å². The summed E-state index contributed by atoms with van der Waals surface area (Å²) in [5.41, 5.74) is 0. The first kappa shape index (κ1) is 16.4. The third-order valence-electron chi connectivity index (χ3n) is 5.39. The van der Waals surface area contributed by atoms with Gasteiger partial charge in [-0.2, -0.15) is 0 Å². The summed E-state index contributed by atoms with van der Waals surface area (Å²) in [7, 11) is 0. The summed E-state index contributed by atoms with van der Waals surface area (Å²) in [5.74, 6) is 1.28. The molecule has 4 rings (SSSR count). The number of hydrogen-bond donors (Lipinski definition) is 0. The minimum Gasteiger partial charge on any atom is -0.467 e. The zero-order chi connectivity index (χ0) is 17.2. The Bertz CT molecular complexity index is 728. The average Bonchev–Trinajstić information content (AvgIpc) is 3.23. The van der Waals surface area contributed by atoms with Crippen LogP contribution in [-0.4, -0.2) is 43.3 Å². The van der Waals surface area contributed by atoms with Gasteiger partial charge in [-0.1, -0.05) is 12.8 Å². The molecule has 25 heavy (non-hydrogen) atoms. The number of nitrogens with zero attached hydrogens (tertiary/aromatic N) is 5. The van der Waals surface area contributed by atoms with Gasteiger partial charge in [0.25, 0.3) is 5.88 Å². The Morgan fingerprint density at radius 3 is 2.88 bits per heavy atom. The van der Waals surface area contributed by atoms with Crippen molar-refractivity contribution in [2.75, 3.05) is 6.54 Å². The number of halogens is 1. The highest BCUT2D eigenvalue weighted by molar-refractivity contribution is 5.13. The molecule has 1 aliphatic carbocycles. The number of ether oxygens (including phenoxy) is 1. The fourth-order valence-electron chi connectivity index (χ4n) is 4.09. The van der Waals surface area contributed by atoms with E-state index in [1.165, 1.54) is 37.9 Å². The summed E-state index contributed by atoms with van der Waals surface area (Å²) in [6.07, 6.45) is 7.70. The summed E-state index contributed by atoms with van der Waals surface area (Å²) in [6.45, 7) is 4.31. The Hall–Kier alpha value is -2.02. The Kier molecular flexibility index (Phi) is 4.65. The van der Waals surface area contributed by atoms with Crippen molar-refractivity contribution in [2.24, 2.45) is 0 Å². The maximum Gasteiger partial charge on any atom is 0.250 e. The largest absolute Gasteiger partial charge is 0.467 e. The van der Waals surface area contributed by atoms with E-state index < -0.39 is 5.82 Å². The maximum absolute atomic E-state index is 13.7. The highest BCUT2D eigenvalue weighted by Gasteiger charge is 2.30. The lowest BCUT2D eigenvalue weighted by Crippen LogP contribution is -2.41. The van der Waals surface area contributed by atoms with Gasteiger partial charge in [0, 0.05) is 37.8 Å². The number of aromatic nitrogens is 4. The molecule has 0 amide bonds. The summed E-state index contributed by atoms with van der Waals surface area (Å²) in [6, 6.07) is 4.06. The van der Waals surface area contributed by atoms with Crippen molar-refractivity contribution >= 4 is 0 Å². The van der Waals surface area contributed by atoms with Gasteiger partial charge in [-0.3, -0.25) is 4.90 Å². The Morgan fingerprint density at radius 1 is 1.24 bits per heavy atom. The lowest BCUT2D eigenvalue weighted by atomic mass is 10.1. The molecule has 1 saturated carbocycles. The second kappa shape index (κ2) is 7.07. The monoisotopic (exact) mass is 345 g/mol. The number of rotatable bonds is 4. The zero-order valence-electron chi connectivity index (χ0n) is 14.6. The van der Waals surface area contributed by atoms with E-state index in [9.17, 15) is 4.39 Å². The molecule has 0 bridgehead atoms. The molecule has 6 nitrogen and oxygen atoms in total. The Labute approximate surface area is 147 Å². The molecule has 3 heterocycles. The molecule has 1 aliphatic heterocycles. The molecule has 7 heteroatoms. The topological polar surface area (TPSA) is 56.1 Å². The van der Waals surface area contributed by atoms with Crippen LogP contribution in [0.25, 0.3) is 0 Å². The lowest BCUT2D eigenvalue weighted by Gasteiger charge is -2.32. The van der Waals surface area contributed by atoms with Crippen LogP contribution in [0.1, 0.15) is 44.3 Å². The van der Waals surface area contributed by atoms with Crippen LogP contribution in [-0.2, 0) is 19.6 Å². The van der Waals surface area contributed by atoms with Crippen LogP contribution in [0.4, 0.5) is 4.39 Å². The van der Waals surface area contributed by atoms with E-state index >= 15 is 0 Å². The third kappa shape index (κ3) is 3.38. The molecule has 0 unspecified atom stereocenters. The van der Waals surface area contributed by atoms with E-state index in [1.54, 1.807) is 6.07 Å². The van der Waals surface area contributed by atoms with Gasteiger partial charge in [-0.05, 0) is 31.9 Å². The third-order valence-corrected chi connectivity index (χ3v) is 5.39. The first-order chi connectivity index (χ1) is 12.2. The molecule has 2 aliphatic rings. The minimum atomic E-state index is -0.459. The van der Waals surface area contributed by atoms with Gasteiger partial charge in [-0.25, -0.2) is 9.37 Å². The number of pyridine rings is 1. The van der Waals surface area contributed by atoms with Crippen LogP contribution in [0.2, 0.25) is 0 Å². The first-order valence-corrected chi connectivity index (χ1v) is 9.12. The Balaban J connectivity index is 1.47. The second-order valence-corrected chi connectivity index (χ2v) is 6.99. The average molecular weight is 345 g/mol. The molecule has 0 saturated heterocycles. The van der Waals surface area contributed by atoms with Gasteiger partial charge >= 0.3 is 0 Å². The molecule has 0 N–H and O–H groups in total.